The number of hydrogen-bond acceptors (Lipinski definition) is 5. The van der Waals surface area contributed by atoms with Gasteiger partial charge in [0, 0.05) is 50.4 Å². The van der Waals surface area contributed by atoms with Gasteiger partial charge in [0.1, 0.15) is 5.82 Å². The van der Waals surface area contributed by atoms with Crippen molar-refractivity contribution >= 4 is 11.9 Å². The van der Waals surface area contributed by atoms with E-state index in [1.54, 1.807) is 29.6 Å². The summed E-state index contributed by atoms with van der Waals surface area (Å²) in [6.45, 7) is 2.54. The molecule has 0 atom stereocenters. The van der Waals surface area contributed by atoms with Crippen LogP contribution >= 0.6 is 0 Å². The molecule has 0 unspecified atom stereocenters. The van der Waals surface area contributed by atoms with Gasteiger partial charge >= 0.3 is 5.97 Å². The molecule has 0 spiro atoms. The van der Waals surface area contributed by atoms with Crippen LogP contribution in [0.3, 0.4) is 0 Å². The number of aryl methyl sites for hydroxylation is 1. The minimum Gasteiger partial charge on any atom is -0.479 e. The van der Waals surface area contributed by atoms with Gasteiger partial charge in [-0.15, -0.1) is 0 Å². The monoisotopic (exact) mass is 355 g/mol. The van der Waals surface area contributed by atoms with E-state index >= 15 is 0 Å². The van der Waals surface area contributed by atoms with Crippen molar-refractivity contribution in [2.24, 2.45) is 0 Å². The molecule has 4 rings (SSSR count). The average Bonchev–Trinajstić information content (AvgIpc) is 3.35. The predicted molar refractivity (Wildman–Crippen MR) is 91.7 cm³/mol. The number of carboxylic acids is 1. The predicted octanol–water partition coefficient (Wildman–Crippen LogP) is 1.58. The number of amides is 1. The number of carbonyl (C=O) groups is 2. The van der Waals surface area contributed by atoms with E-state index in [2.05, 4.69) is 15.1 Å². The smallest absolute Gasteiger partial charge is 0.331 e. The largest absolute Gasteiger partial charge is 0.479 e. The number of carbonyl (C=O) groups excluding carboxylic acids is 1. The highest BCUT2D eigenvalue weighted by atomic mass is 16.4. The van der Waals surface area contributed by atoms with E-state index in [0.717, 1.165) is 18.7 Å². The Hall–Kier alpha value is -2.77. The van der Waals surface area contributed by atoms with Crippen LogP contribution in [0.4, 0.5) is 0 Å². The molecular weight excluding hydrogens is 334 g/mol. The molecule has 1 amide bonds. The van der Waals surface area contributed by atoms with Crippen molar-refractivity contribution in [1.82, 2.24) is 24.6 Å². The molecule has 0 aromatic carbocycles. The summed E-state index contributed by atoms with van der Waals surface area (Å²) < 4.78 is 1.50. The molecule has 2 aromatic heterocycles. The van der Waals surface area contributed by atoms with Gasteiger partial charge in [0.05, 0.1) is 11.3 Å². The van der Waals surface area contributed by atoms with Gasteiger partial charge in [-0.3, -0.25) is 9.48 Å². The van der Waals surface area contributed by atoms with E-state index < -0.39 is 11.5 Å². The topological polar surface area (TPSA) is 101 Å². The summed E-state index contributed by atoms with van der Waals surface area (Å²) in [5.74, 6) is 0.213. The van der Waals surface area contributed by atoms with Crippen molar-refractivity contribution in [2.75, 3.05) is 13.1 Å². The number of rotatable bonds is 4. The molecule has 1 N–H and O–H groups in total. The van der Waals surface area contributed by atoms with Crippen molar-refractivity contribution in [1.29, 1.82) is 0 Å². The van der Waals surface area contributed by atoms with E-state index in [1.807, 2.05) is 6.92 Å². The molecule has 0 radical (unpaired) electrons. The Balaban J connectivity index is 1.50. The molecule has 26 heavy (non-hydrogen) atoms. The first-order valence-electron chi connectivity index (χ1n) is 8.87. The third-order valence-electron chi connectivity index (χ3n) is 5.39. The van der Waals surface area contributed by atoms with Gasteiger partial charge in [0.15, 0.2) is 5.54 Å². The fourth-order valence-electron chi connectivity index (χ4n) is 3.55. The van der Waals surface area contributed by atoms with Gasteiger partial charge < -0.3 is 10.0 Å². The van der Waals surface area contributed by atoms with Crippen LogP contribution in [0.25, 0.3) is 0 Å². The summed E-state index contributed by atoms with van der Waals surface area (Å²) in [5.41, 5.74) is 0.0899. The average molecular weight is 355 g/mol. The third kappa shape index (κ3) is 2.75. The second-order valence-electron chi connectivity index (χ2n) is 7.08. The van der Waals surface area contributed by atoms with Gasteiger partial charge in [-0.25, -0.2) is 14.8 Å². The summed E-state index contributed by atoms with van der Waals surface area (Å²) in [7, 11) is 0. The van der Waals surface area contributed by atoms with E-state index in [9.17, 15) is 14.7 Å². The minimum atomic E-state index is -1.10. The number of carboxylic acid groups (broad SMARTS) is 1. The Labute approximate surface area is 150 Å². The number of hydrogen-bond donors (Lipinski definition) is 1. The van der Waals surface area contributed by atoms with E-state index in [4.69, 9.17) is 0 Å². The molecule has 1 saturated carbocycles. The van der Waals surface area contributed by atoms with Crippen LogP contribution in [-0.2, 0) is 10.3 Å². The lowest BCUT2D eigenvalue weighted by molar-refractivity contribution is -0.150. The number of aliphatic carboxylic acids is 1. The molecule has 3 heterocycles. The quantitative estimate of drug-likeness (QED) is 0.893. The summed E-state index contributed by atoms with van der Waals surface area (Å²) in [4.78, 5) is 35.3. The first-order chi connectivity index (χ1) is 12.5. The fourth-order valence-corrected chi connectivity index (χ4v) is 3.55. The zero-order valence-electron chi connectivity index (χ0n) is 14.6. The normalized spacial score (nSPS) is 19.3. The minimum absolute atomic E-state index is 0.135. The second kappa shape index (κ2) is 6.19. The Kier molecular flexibility index (Phi) is 3.97. The van der Waals surface area contributed by atoms with Crippen molar-refractivity contribution in [3.05, 3.63) is 41.7 Å². The molecule has 8 heteroatoms. The molecule has 1 aliphatic heterocycles. The lowest BCUT2D eigenvalue weighted by atomic mass is 9.87. The summed E-state index contributed by atoms with van der Waals surface area (Å²) in [6.07, 6.45) is 7.72. The number of likely N-dealkylation sites (tertiary alicyclic amines) is 1. The number of nitrogens with zero attached hydrogens (tertiary/aromatic N) is 5. The molecule has 0 bridgehead atoms. The van der Waals surface area contributed by atoms with Crippen LogP contribution in [0, 0.1) is 6.92 Å². The Morgan fingerprint density at radius 3 is 2.54 bits per heavy atom. The first-order valence-corrected chi connectivity index (χ1v) is 8.87. The Morgan fingerprint density at radius 2 is 2.00 bits per heavy atom. The van der Waals surface area contributed by atoms with Crippen LogP contribution in [0.2, 0.25) is 0 Å². The van der Waals surface area contributed by atoms with Gasteiger partial charge in [-0.05, 0) is 25.8 Å². The SMILES string of the molecule is Cc1nc(C2CC2)ncc1C(=O)N1CCC(C(=O)O)(n2cccn2)CC1. The van der Waals surface area contributed by atoms with Gasteiger partial charge in [-0.2, -0.15) is 5.10 Å². The van der Waals surface area contributed by atoms with Crippen molar-refractivity contribution in [3.8, 4) is 0 Å². The molecule has 1 aliphatic carbocycles. The van der Waals surface area contributed by atoms with Crippen LogP contribution in [0.5, 0.6) is 0 Å². The van der Waals surface area contributed by atoms with E-state index in [1.165, 1.54) is 4.68 Å². The maximum Gasteiger partial charge on any atom is 0.331 e. The van der Waals surface area contributed by atoms with Gasteiger partial charge in [0.25, 0.3) is 5.91 Å². The number of aromatic nitrogens is 4. The van der Waals surface area contributed by atoms with Crippen LogP contribution < -0.4 is 0 Å². The fraction of sp³-hybridized carbons (Fsp3) is 0.500. The highest BCUT2D eigenvalue weighted by Gasteiger charge is 2.45. The Bertz CT molecular complexity index is 837. The van der Waals surface area contributed by atoms with Crippen LogP contribution in [0.15, 0.2) is 24.7 Å². The molecule has 2 fully saturated rings. The lowest BCUT2D eigenvalue weighted by Crippen LogP contribution is -2.52. The van der Waals surface area contributed by atoms with Crippen LogP contribution in [-0.4, -0.2) is 54.7 Å². The molecule has 1 saturated heterocycles. The van der Waals surface area contributed by atoms with Crippen molar-refractivity contribution < 1.29 is 14.7 Å². The first kappa shape index (κ1) is 16.7. The molecule has 136 valence electrons. The van der Waals surface area contributed by atoms with Gasteiger partial charge in [-0.1, -0.05) is 0 Å². The van der Waals surface area contributed by atoms with Crippen molar-refractivity contribution in [2.45, 2.75) is 44.1 Å². The van der Waals surface area contributed by atoms with Gasteiger partial charge in [0.2, 0.25) is 0 Å². The standard InChI is InChI=1S/C18H21N5O3/c1-12-14(11-19-15(21-12)13-3-4-13)16(24)22-9-5-18(6-10-22,17(25)26)23-8-2-7-20-23/h2,7-8,11,13H,3-6,9-10H2,1H3,(H,25,26). The lowest BCUT2D eigenvalue weighted by Gasteiger charge is -2.39. The van der Waals surface area contributed by atoms with Crippen LogP contribution in [0.1, 0.15) is 53.5 Å². The maximum absolute atomic E-state index is 12.9. The molecule has 2 aromatic rings. The zero-order valence-corrected chi connectivity index (χ0v) is 14.6. The third-order valence-corrected chi connectivity index (χ3v) is 5.39. The van der Waals surface area contributed by atoms with Crippen molar-refractivity contribution in [3.63, 3.8) is 0 Å². The summed E-state index contributed by atoms with van der Waals surface area (Å²) >= 11 is 0. The summed E-state index contributed by atoms with van der Waals surface area (Å²) in [5, 5.41) is 13.9. The van der Waals surface area contributed by atoms with E-state index in [0.29, 0.717) is 43.1 Å². The molecular formula is C18H21N5O3. The van der Waals surface area contributed by atoms with E-state index in [-0.39, 0.29) is 5.91 Å². The number of piperidine rings is 1. The zero-order chi connectivity index (χ0) is 18.3. The molecule has 2 aliphatic rings. The maximum atomic E-state index is 12.9. The second-order valence-corrected chi connectivity index (χ2v) is 7.08. The molecule has 8 nitrogen and oxygen atoms in total. The summed E-state index contributed by atoms with van der Waals surface area (Å²) in [6, 6.07) is 1.71. The highest BCUT2D eigenvalue weighted by Crippen LogP contribution is 2.38. The Morgan fingerprint density at radius 1 is 1.27 bits per heavy atom. The highest BCUT2D eigenvalue weighted by molar-refractivity contribution is 5.95.